The van der Waals surface area contributed by atoms with Crippen LogP contribution in [0.3, 0.4) is 0 Å². The smallest absolute Gasteiger partial charge is 0.241 e. The van der Waals surface area contributed by atoms with Crippen LogP contribution in [0, 0.1) is 0 Å². The highest BCUT2D eigenvalue weighted by molar-refractivity contribution is 6.35. The number of hydrogen-bond donors (Lipinski definition) is 2. The zero-order chi connectivity index (χ0) is 13.8. The minimum atomic E-state index is -0.190. The first-order valence-electron chi connectivity index (χ1n) is 6.22. The lowest BCUT2D eigenvalue weighted by atomic mass is 10.2. The number of carbonyl (C=O) groups is 1. The molecule has 19 heavy (non-hydrogen) atoms. The van der Waals surface area contributed by atoms with Gasteiger partial charge in [-0.2, -0.15) is 0 Å². The third-order valence-electron chi connectivity index (χ3n) is 3.18. The lowest BCUT2D eigenvalue weighted by molar-refractivity contribution is -0.120. The van der Waals surface area contributed by atoms with Gasteiger partial charge in [-0.3, -0.25) is 9.69 Å². The summed E-state index contributed by atoms with van der Waals surface area (Å²) in [6.45, 7) is 1.43. The highest BCUT2D eigenvalue weighted by Crippen LogP contribution is 2.24. The molecular formula is C13H16Cl2N2O2. The maximum atomic E-state index is 12.2. The highest BCUT2D eigenvalue weighted by atomic mass is 35.5. The van der Waals surface area contributed by atoms with Crippen molar-refractivity contribution in [2.24, 2.45) is 0 Å². The van der Waals surface area contributed by atoms with Gasteiger partial charge in [0.25, 0.3) is 0 Å². The molecule has 4 nitrogen and oxygen atoms in total. The monoisotopic (exact) mass is 302 g/mol. The summed E-state index contributed by atoms with van der Waals surface area (Å²) >= 11 is 11.8. The molecule has 0 saturated carbocycles. The molecule has 1 saturated heterocycles. The molecule has 1 amide bonds. The van der Waals surface area contributed by atoms with Crippen LogP contribution in [0.4, 0.5) is 5.69 Å². The Hall–Kier alpha value is -0.810. The van der Waals surface area contributed by atoms with Crippen molar-refractivity contribution in [2.75, 3.05) is 25.0 Å². The van der Waals surface area contributed by atoms with Crippen molar-refractivity contribution in [3.8, 4) is 0 Å². The Morgan fingerprint density at radius 2 is 2.05 bits per heavy atom. The molecule has 1 aromatic carbocycles. The summed E-state index contributed by atoms with van der Waals surface area (Å²) in [5.74, 6) is -0.0794. The average Bonchev–Trinajstić information content (AvgIpc) is 2.76. The van der Waals surface area contributed by atoms with Crippen LogP contribution < -0.4 is 5.32 Å². The zero-order valence-corrected chi connectivity index (χ0v) is 11.9. The predicted molar refractivity (Wildman–Crippen MR) is 76.8 cm³/mol. The number of amides is 1. The van der Waals surface area contributed by atoms with E-state index in [4.69, 9.17) is 28.3 Å². The number of likely N-dealkylation sites (tertiary alicyclic amines) is 1. The number of nitrogens with zero attached hydrogens (tertiary/aromatic N) is 1. The molecule has 0 radical (unpaired) electrons. The SMILES string of the molecule is O=C(Nc1cc(Cl)cc(Cl)c1)[C@@H]1CCCN1CCO. The molecule has 2 N–H and O–H groups in total. The van der Waals surface area contributed by atoms with Crippen LogP contribution in [0.15, 0.2) is 18.2 Å². The molecule has 1 aliphatic heterocycles. The van der Waals surface area contributed by atoms with Crippen LogP contribution in [-0.4, -0.2) is 41.7 Å². The van der Waals surface area contributed by atoms with E-state index < -0.39 is 0 Å². The van der Waals surface area contributed by atoms with Gasteiger partial charge < -0.3 is 10.4 Å². The molecule has 1 atom stereocenters. The lowest BCUT2D eigenvalue weighted by Crippen LogP contribution is -2.40. The van der Waals surface area contributed by atoms with E-state index in [0.29, 0.717) is 22.3 Å². The number of β-amino-alcohol motifs (C(OH)–C–C–N with tert-alkyl or cyclic N) is 1. The minimum Gasteiger partial charge on any atom is -0.395 e. The van der Waals surface area contributed by atoms with Crippen molar-refractivity contribution in [1.29, 1.82) is 0 Å². The molecular weight excluding hydrogens is 287 g/mol. The molecule has 0 spiro atoms. The molecule has 1 heterocycles. The van der Waals surface area contributed by atoms with Crippen LogP contribution >= 0.6 is 23.2 Å². The van der Waals surface area contributed by atoms with Gasteiger partial charge in [0.05, 0.1) is 12.6 Å². The molecule has 0 unspecified atom stereocenters. The number of aliphatic hydroxyl groups excluding tert-OH is 1. The Morgan fingerprint density at radius 1 is 1.37 bits per heavy atom. The van der Waals surface area contributed by atoms with E-state index in [0.717, 1.165) is 19.4 Å². The first kappa shape index (κ1) is 14.6. The van der Waals surface area contributed by atoms with Crippen LogP contribution in [0.25, 0.3) is 0 Å². The molecule has 1 aliphatic rings. The van der Waals surface area contributed by atoms with Crippen molar-refractivity contribution in [1.82, 2.24) is 4.90 Å². The molecule has 104 valence electrons. The Bertz CT molecular complexity index is 448. The van der Waals surface area contributed by atoms with E-state index in [1.54, 1.807) is 18.2 Å². The second-order valence-electron chi connectivity index (χ2n) is 4.56. The largest absolute Gasteiger partial charge is 0.395 e. The maximum absolute atomic E-state index is 12.2. The fourth-order valence-corrected chi connectivity index (χ4v) is 2.90. The first-order chi connectivity index (χ1) is 9.10. The Kier molecular flexibility index (Phi) is 5.05. The highest BCUT2D eigenvalue weighted by Gasteiger charge is 2.30. The van der Waals surface area contributed by atoms with Gasteiger partial charge in [-0.25, -0.2) is 0 Å². The average molecular weight is 303 g/mol. The molecule has 0 bridgehead atoms. The van der Waals surface area contributed by atoms with Gasteiger partial charge in [-0.15, -0.1) is 0 Å². The number of carbonyl (C=O) groups excluding carboxylic acids is 1. The number of rotatable bonds is 4. The quantitative estimate of drug-likeness (QED) is 0.898. The van der Waals surface area contributed by atoms with Crippen molar-refractivity contribution < 1.29 is 9.90 Å². The van der Waals surface area contributed by atoms with E-state index in [1.807, 2.05) is 4.90 Å². The number of nitrogens with one attached hydrogen (secondary N) is 1. The van der Waals surface area contributed by atoms with Crippen LogP contribution in [0.5, 0.6) is 0 Å². The Balaban J connectivity index is 2.04. The van der Waals surface area contributed by atoms with E-state index in [9.17, 15) is 4.79 Å². The fourth-order valence-electron chi connectivity index (χ4n) is 2.37. The van der Waals surface area contributed by atoms with Gasteiger partial charge in [0, 0.05) is 22.3 Å². The Morgan fingerprint density at radius 3 is 2.68 bits per heavy atom. The maximum Gasteiger partial charge on any atom is 0.241 e. The summed E-state index contributed by atoms with van der Waals surface area (Å²) in [6, 6.07) is 4.75. The van der Waals surface area contributed by atoms with E-state index in [1.165, 1.54) is 0 Å². The third kappa shape index (κ3) is 3.83. The first-order valence-corrected chi connectivity index (χ1v) is 6.97. The van der Waals surface area contributed by atoms with Gasteiger partial charge in [0.1, 0.15) is 0 Å². The number of benzene rings is 1. The molecule has 2 rings (SSSR count). The number of anilines is 1. The van der Waals surface area contributed by atoms with Crippen LogP contribution in [0.2, 0.25) is 10.0 Å². The molecule has 6 heteroatoms. The fraction of sp³-hybridized carbons (Fsp3) is 0.462. The normalized spacial score (nSPS) is 19.6. The summed E-state index contributed by atoms with van der Waals surface area (Å²) in [4.78, 5) is 14.2. The zero-order valence-electron chi connectivity index (χ0n) is 10.4. The number of aliphatic hydroxyl groups is 1. The minimum absolute atomic E-state index is 0.0623. The van der Waals surface area contributed by atoms with Crippen molar-refractivity contribution >= 4 is 34.8 Å². The number of halogens is 2. The summed E-state index contributed by atoms with van der Waals surface area (Å²) in [6.07, 6.45) is 1.77. The second kappa shape index (κ2) is 6.57. The van der Waals surface area contributed by atoms with Crippen LogP contribution in [-0.2, 0) is 4.79 Å². The topological polar surface area (TPSA) is 52.6 Å². The van der Waals surface area contributed by atoms with Gasteiger partial charge in [0.15, 0.2) is 0 Å². The van der Waals surface area contributed by atoms with Crippen molar-refractivity contribution in [3.63, 3.8) is 0 Å². The van der Waals surface area contributed by atoms with Gasteiger partial charge in [-0.1, -0.05) is 23.2 Å². The van der Waals surface area contributed by atoms with E-state index >= 15 is 0 Å². The summed E-state index contributed by atoms with van der Waals surface area (Å²) < 4.78 is 0. The molecule has 1 aromatic rings. The summed E-state index contributed by atoms with van der Waals surface area (Å²) in [7, 11) is 0. The van der Waals surface area contributed by atoms with Crippen molar-refractivity contribution in [3.05, 3.63) is 28.2 Å². The lowest BCUT2D eigenvalue weighted by Gasteiger charge is -2.22. The third-order valence-corrected chi connectivity index (χ3v) is 3.62. The summed E-state index contributed by atoms with van der Waals surface area (Å²) in [5, 5.41) is 12.8. The molecule has 0 aliphatic carbocycles. The second-order valence-corrected chi connectivity index (χ2v) is 5.44. The Labute approximate surface area is 122 Å². The van der Waals surface area contributed by atoms with E-state index in [-0.39, 0.29) is 18.6 Å². The van der Waals surface area contributed by atoms with E-state index in [2.05, 4.69) is 5.32 Å². The van der Waals surface area contributed by atoms with Gasteiger partial charge in [-0.05, 0) is 37.6 Å². The summed E-state index contributed by atoms with van der Waals surface area (Å²) in [5.41, 5.74) is 0.596. The van der Waals surface area contributed by atoms with Gasteiger partial charge >= 0.3 is 0 Å². The van der Waals surface area contributed by atoms with Crippen LogP contribution in [0.1, 0.15) is 12.8 Å². The molecule has 0 aromatic heterocycles. The standard InChI is InChI=1S/C13H16Cl2N2O2/c14-9-6-10(15)8-11(7-9)16-13(19)12-2-1-3-17(12)4-5-18/h6-8,12,18H,1-5H2,(H,16,19)/t12-/m0/s1. The number of hydrogen-bond acceptors (Lipinski definition) is 3. The predicted octanol–water partition coefficient (Wildman–Crippen LogP) is 2.39. The molecule has 1 fully saturated rings. The van der Waals surface area contributed by atoms with Gasteiger partial charge in [0.2, 0.25) is 5.91 Å². The van der Waals surface area contributed by atoms with Crippen molar-refractivity contribution in [2.45, 2.75) is 18.9 Å².